The van der Waals surface area contributed by atoms with Crippen LogP contribution in [0.15, 0.2) is 12.8 Å². The maximum atomic E-state index is 5.55. The van der Waals surface area contributed by atoms with Gasteiger partial charge in [-0.25, -0.2) is 0 Å². The number of rotatable bonds is 10. The van der Waals surface area contributed by atoms with Crippen LogP contribution in [0.3, 0.4) is 0 Å². The van der Waals surface area contributed by atoms with Gasteiger partial charge in [-0.3, -0.25) is 0 Å². The average molecular weight is 232 g/mol. The molecule has 0 aliphatic rings. The lowest BCUT2D eigenvalue weighted by atomic mass is 10.4. The first kappa shape index (κ1) is 15.4. The lowest BCUT2D eigenvalue weighted by Crippen LogP contribution is -2.29. The first-order valence-electron chi connectivity index (χ1n) is 5.67. The predicted molar refractivity (Wildman–Crippen MR) is 63.2 cm³/mol. The van der Waals surface area contributed by atoms with E-state index in [1.54, 1.807) is 0 Å². The molecule has 0 aromatic rings. The van der Waals surface area contributed by atoms with Gasteiger partial charge in [0.05, 0.1) is 31.7 Å². The van der Waals surface area contributed by atoms with E-state index in [1.165, 1.54) is 6.26 Å². The second-order valence-electron chi connectivity index (χ2n) is 3.90. The van der Waals surface area contributed by atoms with Gasteiger partial charge in [0.1, 0.15) is 6.61 Å². The van der Waals surface area contributed by atoms with Crippen LogP contribution in [0.4, 0.5) is 0 Å². The first-order valence-corrected chi connectivity index (χ1v) is 5.67. The molecule has 0 fully saturated rings. The molecule has 0 aromatic carbocycles. The molecule has 0 saturated heterocycles. The van der Waals surface area contributed by atoms with Gasteiger partial charge in [0.2, 0.25) is 0 Å². The fourth-order valence-electron chi connectivity index (χ4n) is 1.01. The molecule has 0 N–H and O–H groups in total. The maximum absolute atomic E-state index is 5.55. The third-order valence-electron chi connectivity index (χ3n) is 1.61. The van der Waals surface area contributed by atoms with Gasteiger partial charge in [-0.2, -0.15) is 0 Å². The molecule has 0 radical (unpaired) electrons. The molecule has 1 atom stereocenters. The quantitative estimate of drug-likeness (QED) is 0.329. The third-order valence-corrected chi connectivity index (χ3v) is 1.61. The fourth-order valence-corrected chi connectivity index (χ4v) is 1.01. The van der Waals surface area contributed by atoms with Gasteiger partial charge in [-0.05, 0) is 27.7 Å². The van der Waals surface area contributed by atoms with Crippen molar-refractivity contribution < 1.29 is 18.9 Å². The molecular formula is C12H24O4. The molecule has 1 unspecified atom stereocenters. The van der Waals surface area contributed by atoms with E-state index in [1.807, 2.05) is 27.7 Å². The van der Waals surface area contributed by atoms with E-state index in [0.29, 0.717) is 19.8 Å². The average Bonchev–Trinajstić information content (AvgIpc) is 2.19. The summed E-state index contributed by atoms with van der Waals surface area (Å²) in [6, 6.07) is 0. The van der Waals surface area contributed by atoms with Crippen LogP contribution in [0.5, 0.6) is 0 Å². The summed E-state index contributed by atoms with van der Waals surface area (Å²) in [5, 5.41) is 0. The molecule has 0 heterocycles. The molecular weight excluding hydrogens is 208 g/mol. The van der Waals surface area contributed by atoms with Crippen LogP contribution in [0, 0.1) is 0 Å². The van der Waals surface area contributed by atoms with Crippen molar-refractivity contribution in [1.82, 2.24) is 0 Å². The molecule has 0 rings (SSSR count). The van der Waals surface area contributed by atoms with Crippen molar-refractivity contribution in [1.29, 1.82) is 0 Å². The molecule has 0 saturated carbocycles. The van der Waals surface area contributed by atoms with E-state index < -0.39 is 0 Å². The Hall–Kier alpha value is -0.580. The van der Waals surface area contributed by atoms with Gasteiger partial charge in [0.15, 0.2) is 6.29 Å². The van der Waals surface area contributed by atoms with Crippen LogP contribution in [0.2, 0.25) is 0 Å². The summed E-state index contributed by atoms with van der Waals surface area (Å²) in [4.78, 5) is 0. The van der Waals surface area contributed by atoms with Gasteiger partial charge in [0.25, 0.3) is 0 Å². The number of ether oxygens (including phenoxy) is 4. The Balaban J connectivity index is 3.76. The highest BCUT2D eigenvalue weighted by atomic mass is 16.7. The molecule has 4 nitrogen and oxygen atoms in total. The van der Waals surface area contributed by atoms with Crippen molar-refractivity contribution in [2.45, 2.75) is 46.2 Å². The Bertz CT molecular complexity index is 168. The summed E-state index contributed by atoms with van der Waals surface area (Å²) in [6.45, 7) is 12.7. The van der Waals surface area contributed by atoms with Crippen LogP contribution < -0.4 is 0 Å². The minimum Gasteiger partial charge on any atom is -0.499 e. The van der Waals surface area contributed by atoms with Crippen LogP contribution >= 0.6 is 0 Å². The van der Waals surface area contributed by atoms with Crippen molar-refractivity contribution >= 4 is 0 Å². The molecule has 0 bridgehead atoms. The van der Waals surface area contributed by atoms with Crippen LogP contribution in [-0.2, 0) is 18.9 Å². The van der Waals surface area contributed by atoms with Gasteiger partial charge < -0.3 is 18.9 Å². The lowest BCUT2D eigenvalue weighted by Gasteiger charge is -2.21. The predicted octanol–water partition coefficient (Wildman–Crippen LogP) is 2.34. The zero-order valence-electron chi connectivity index (χ0n) is 10.8. The zero-order chi connectivity index (χ0) is 12.4. The Morgan fingerprint density at radius 1 is 1.00 bits per heavy atom. The van der Waals surface area contributed by atoms with E-state index in [-0.39, 0.29) is 18.5 Å². The summed E-state index contributed by atoms with van der Waals surface area (Å²) in [7, 11) is 0. The minimum atomic E-state index is -0.337. The molecule has 0 aliphatic carbocycles. The summed E-state index contributed by atoms with van der Waals surface area (Å²) >= 11 is 0. The standard InChI is InChI=1S/C12H24O4/c1-6-13-7-8-14-12(16-11(4)5)9-15-10(2)3/h6,10-12H,1,7-9H2,2-5H3. The second kappa shape index (κ2) is 9.63. The van der Waals surface area contributed by atoms with Crippen molar-refractivity contribution in [3.8, 4) is 0 Å². The van der Waals surface area contributed by atoms with Crippen molar-refractivity contribution in [2.75, 3.05) is 19.8 Å². The highest BCUT2D eigenvalue weighted by molar-refractivity contribution is 4.51. The topological polar surface area (TPSA) is 36.9 Å². The highest BCUT2D eigenvalue weighted by Crippen LogP contribution is 2.03. The summed E-state index contributed by atoms with van der Waals surface area (Å²) in [5.41, 5.74) is 0. The molecule has 0 aromatic heterocycles. The monoisotopic (exact) mass is 232 g/mol. The summed E-state index contributed by atoms with van der Waals surface area (Å²) in [5.74, 6) is 0. The van der Waals surface area contributed by atoms with E-state index >= 15 is 0 Å². The van der Waals surface area contributed by atoms with Gasteiger partial charge in [-0.1, -0.05) is 6.58 Å². The van der Waals surface area contributed by atoms with Crippen molar-refractivity contribution in [3.05, 3.63) is 12.8 Å². The number of hydrogen-bond donors (Lipinski definition) is 0. The fraction of sp³-hybridized carbons (Fsp3) is 0.833. The Morgan fingerprint density at radius 2 is 1.69 bits per heavy atom. The van der Waals surface area contributed by atoms with E-state index in [9.17, 15) is 0 Å². The van der Waals surface area contributed by atoms with Crippen LogP contribution in [-0.4, -0.2) is 38.3 Å². The number of hydrogen-bond acceptors (Lipinski definition) is 4. The molecule has 96 valence electrons. The third kappa shape index (κ3) is 9.96. The lowest BCUT2D eigenvalue weighted by molar-refractivity contribution is -0.197. The second-order valence-corrected chi connectivity index (χ2v) is 3.90. The molecule has 4 heteroatoms. The normalized spacial score (nSPS) is 13.1. The Morgan fingerprint density at radius 3 is 2.19 bits per heavy atom. The highest BCUT2D eigenvalue weighted by Gasteiger charge is 2.12. The molecule has 0 amide bonds. The zero-order valence-corrected chi connectivity index (χ0v) is 10.8. The van der Waals surface area contributed by atoms with Gasteiger partial charge in [-0.15, -0.1) is 0 Å². The summed E-state index contributed by atoms with van der Waals surface area (Å²) < 4.78 is 21.4. The van der Waals surface area contributed by atoms with Crippen molar-refractivity contribution in [3.63, 3.8) is 0 Å². The van der Waals surface area contributed by atoms with E-state index in [0.717, 1.165) is 0 Å². The van der Waals surface area contributed by atoms with Gasteiger partial charge in [0, 0.05) is 0 Å². The molecule has 16 heavy (non-hydrogen) atoms. The largest absolute Gasteiger partial charge is 0.499 e. The first-order chi connectivity index (χ1) is 7.56. The Labute approximate surface area is 98.5 Å². The van der Waals surface area contributed by atoms with Crippen LogP contribution in [0.25, 0.3) is 0 Å². The molecule has 0 spiro atoms. The maximum Gasteiger partial charge on any atom is 0.181 e. The molecule has 0 aliphatic heterocycles. The van der Waals surface area contributed by atoms with E-state index in [4.69, 9.17) is 18.9 Å². The smallest absolute Gasteiger partial charge is 0.181 e. The Kier molecular flexibility index (Phi) is 9.28. The van der Waals surface area contributed by atoms with Gasteiger partial charge >= 0.3 is 0 Å². The van der Waals surface area contributed by atoms with Crippen LogP contribution in [0.1, 0.15) is 27.7 Å². The van der Waals surface area contributed by atoms with E-state index in [2.05, 4.69) is 6.58 Å². The summed E-state index contributed by atoms with van der Waals surface area (Å²) in [6.07, 6.45) is 1.34. The van der Waals surface area contributed by atoms with Crippen molar-refractivity contribution in [2.24, 2.45) is 0 Å². The SMILES string of the molecule is C=COCCOC(COC(C)C)OC(C)C. The minimum absolute atomic E-state index is 0.112.